The van der Waals surface area contributed by atoms with E-state index in [0.29, 0.717) is 13.2 Å². The van der Waals surface area contributed by atoms with E-state index in [1.165, 1.54) is 167 Å². The van der Waals surface area contributed by atoms with E-state index in [4.69, 9.17) is 10.2 Å². The minimum Gasteiger partial charge on any atom is -0.550 e. The standard InChI is InChI=1S/2C18H36O2.2C3H8O.Ti/c2*1-2-3-4-5-6-7-8-9-10-11-12-13-14-15-16-17-18(19)20;2*1-2-3-4;/h2*2-17H2,1H3,(H,19,20);2*4H,2-3H2,1H3;/q;;;;+2/p-2. The molecule has 0 unspecified atom stereocenters. The van der Waals surface area contributed by atoms with Crippen LogP contribution in [0.25, 0.3) is 0 Å². The molecular weight excluding hydrogens is 648 g/mol. The Kier molecular flexibility index (Phi) is 70.6. The molecule has 0 atom stereocenters. The van der Waals surface area contributed by atoms with Gasteiger partial charge in [-0.05, 0) is 38.5 Å². The number of carbonyl (C=O) groups excluding carboxylic acids is 2. The summed E-state index contributed by atoms with van der Waals surface area (Å²) in [6, 6.07) is 0. The zero-order valence-electron chi connectivity index (χ0n) is 33.5. The van der Waals surface area contributed by atoms with Gasteiger partial charge in [0.2, 0.25) is 0 Å². The quantitative estimate of drug-likeness (QED) is 0.0501. The summed E-state index contributed by atoms with van der Waals surface area (Å²) in [5.74, 6) is -1.81. The van der Waals surface area contributed by atoms with Gasteiger partial charge in [-0.15, -0.1) is 0 Å². The molecule has 0 radical (unpaired) electrons. The predicted molar refractivity (Wildman–Crippen MR) is 204 cm³/mol. The van der Waals surface area contributed by atoms with Gasteiger partial charge >= 0.3 is 21.7 Å². The number of hydrogen-bond donors (Lipinski definition) is 2. The van der Waals surface area contributed by atoms with Gasteiger partial charge in [0.15, 0.2) is 0 Å². The van der Waals surface area contributed by atoms with E-state index in [-0.39, 0.29) is 34.6 Å². The van der Waals surface area contributed by atoms with Gasteiger partial charge < -0.3 is 30.0 Å². The zero-order valence-corrected chi connectivity index (χ0v) is 35.0. The minimum atomic E-state index is -0.903. The molecule has 7 heteroatoms. The van der Waals surface area contributed by atoms with Crippen molar-refractivity contribution < 1.29 is 51.7 Å². The molecule has 6 nitrogen and oxygen atoms in total. The fourth-order valence-electron chi connectivity index (χ4n) is 5.28. The van der Waals surface area contributed by atoms with Gasteiger partial charge in [0.1, 0.15) is 0 Å². The van der Waals surface area contributed by atoms with Crippen LogP contribution in [0.5, 0.6) is 0 Å². The van der Waals surface area contributed by atoms with Crippen LogP contribution in [0.4, 0.5) is 0 Å². The zero-order chi connectivity index (χ0) is 36.6. The summed E-state index contributed by atoms with van der Waals surface area (Å²) in [4.78, 5) is 20.4. The summed E-state index contributed by atoms with van der Waals surface area (Å²) in [6.45, 7) is 9.03. The van der Waals surface area contributed by atoms with E-state index in [1.54, 1.807) is 0 Å². The Labute approximate surface area is 321 Å². The first-order chi connectivity index (χ1) is 23.4. The number of rotatable bonds is 34. The van der Waals surface area contributed by atoms with Crippen molar-refractivity contribution in [3.8, 4) is 0 Å². The smallest absolute Gasteiger partial charge is 0.550 e. The number of aliphatic hydroxyl groups excluding tert-OH is 2. The van der Waals surface area contributed by atoms with Crippen LogP contribution in [0.1, 0.15) is 246 Å². The number of aliphatic hydroxyl groups is 2. The minimum absolute atomic E-state index is 0. The van der Waals surface area contributed by atoms with Crippen LogP contribution >= 0.6 is 0 Å². The number of carboxylic acids is 2. The SMILES string of the molecule is CCCCCCCCCCCCCCCCCC(=O)[O-].CCCCCCCCCCCCCCCCCC(=O)[O-].CCCO.CCCO.[Ti+2]. The Morgan fingerprint density at radius 2 is 0.469 bits per heavy atom. The third-order valence-electron chi connectivity index (χ3n) is 8.42. The van der Waals surface area contributed by atoms with Gasteiger partial charge in [-0.25, -0.2) is 0 Å². The molecule has 0 amide bonds. The monoisotopic (exact) mass is 735 g/mol. The van der Waals surface area contributed by atoms with E-state index >= 15 is 0 Å². The van der Waals surface area contributed by atoms with E-state index < -0.39 is 11.9 Å². The topological polar surface area (TPSA) is 121 Å². The third-order valence-corrected chi connectivity index (χ3v) is 8.42. The molecule has 0 fully saturated rings. The van der Waals surface area contributed by atoms with Crippen LogP contribution in [-0.4, -0.2) is 35.4 Å². The Morgan fingerprint density at radius 3 is 0.592 bits per heavy atom. The Hall–Kier alpha value is -0.426. The fraction of sp³-hybridized carbons (Fsp3) is 0.952. The molecule has 0 bridgehead atoms. The molecule has 0 aliphatic rings. The van der Waals surface area contributed by atoms with E-state index in [2.05, 4.69) is 13.8 Å². The molecule has 49 heavy (non-hydrogen) atoms. The maximum absolute atomic E-state index is 10.2. The molecular formula is C42H86O6Ti. The van der Waals surface area contributed by atoms with Gasteiger partial charge in [-0.3, -0.25) is 0 Å². The molecule has 0 aromatic rings. The summed E-state index contributed by atoms with van der Waals surface area (Å²) < 4.78 is 0. The van der Waals surface area contributed by atoms with Gasteiger partial charge in [0.05, 0.1) is 0 Å². The largest absolute Gasteiger partial charge is 2.00 e. The summed E-state index contributed by atoms with van der Waals surface area (Å²) in [6.07, 6.45) is 41.5. The fourth-order valence-corrected chi connectivity index (χ4v) is 5.28. The maximum Gasteiger partial charge on any atom is 2.00 e. The van der Waals surface area contributed by atoms with Gasteiger partial charge in [-0.1, -0.05) is 207 Å². The van der Waals surface area contributed by atoms with Crippen molar-refractivity contribution in [2.45, 2.75) is 246 Å². The molecule has 0 rings (SSSR count). The van der Waals surface area contributed by atoms with E-state index in [0.717, 1.165) is 38.5 Å². The second kappa shape index (κ2) is 59.7. The number of carboxylic acid groups (broad SMARTS) is 2. The number of hydrogen-bond acceptors (Lipinski definition) is 6. The molecule has 0 spiro atoms. The first-order valence-corrected chi connectivity index (χ1v) is 21.0. The second-order valence-corrected chi connectivity index (χ2v) is 13.6. The Morgan fingerprint density at radius 1 is 0.327 bits per heavy atom. The van der Waals surface area contributed by atoms with Crippen molar-refractivity contribution in [1.82, 2.24) is 0 Å². The molecule has 2 N–H and O–H groups in total. The van der Waals surface area contributed by atoms with Crippen LogP contribution in [-0.2, 0) is 31.3 Å². The third kappa shape index (κ3) is 78.1. The van der Waals surface area contributed by atoms with Crippen molar-refractivity contribution in [3.63, 3.8) is 0 Å². The average Bonchev–Trinajstić information content (AvgIpc) is 3.08. The van der Waals surface area contributed by atoms with Crippen LogP contribution in [0.3, 0.4) is 0 Å². The van der Waals surface area contributed by atoms with Gasteiger partial charge in [0, 0.05) is 25.2 Å². The first kappa shape index (κ1) is 57.9. The van der Waals surface area contributed by atoms with Crippen molar-refractivity contribution in [3.05, 3.63) is 0 Å². The Bertz CT molecular complexity index is 509. The van der Waals surface area contributed by atoms with Crippen LogP contribution in [0.2, 0.25) is 0 Å². The summed E-state index contributed by atoms with van der Waals surface area (Å²) in [5, 5.41) is 36.2. The summed E-state index contributed by atoms with van der Waals surface area (Å²) in [7, 11) is 0. The molecule has 0 aromatic carbocycles. The molecule has 0 heterocycles. The van der Waals surface area contributed by atoms with Crippen LogP contribution in [0.15, 0.2) is 0 Å². The molecule has 294 valence electrons. The predicted octanol–water partition coefficient (Wildman–Crippen LogP) is 10.8. The van der Waals surface area contributed by atoms with Gasteiger partial charge in [-0.2, -0.15) is 0 Å². The van der Waals surface area contributed by atoms with Crippen LogP contribution < -0.4 is 10.2 Å². The van der Waals surface area contributed by atoms with Crippen molar-refractivity contribution >= 4 is 11.9 Å². The normalized spacial score (nSPS) is 10.1. The molecule has 0 saturated carbocycles. The summed E-state index contributed by atoms with van der Waals surface area (Å²) >= 11 is 0. The first-order valence-electron chi connectivity index (χ1n) is 21.0. The van der Waals surface area contributed by atoms with E-state index in [1.807, 2.05) is 13.8 Å². The molecule has 0 saturated heterocycles. The van der Waals surface area contributed by atoms with Crippen molar-refractivity contribution in [2.24, 2.45) is 0 Å². The number of unbranched alkanes of at least 4 members (excludes halogenated alkanes) is 28. The molecule has 0 aliphatic carbocycles. The maximum atomic E-state index is 10.2. The average molecular weight is 735 g/mol. The Balaban J connectivity index is -0.000000212. The number of aliphatic carboxylic acids is 2. The van der Waals surface area contributed by atoms with Crippen LogP contribution in [0, 0.1) is 0 Å². The van der Waals surface area contributed by atoms with Crippen molar-refractivity contribution in [1.29, 1.82) is 0 Å². The second-order valence-electron chi connectivity index (χ2n) is 13.6. The van der Waals surface area contributed by atoms with E-state index in [9.17, 15) is 19.8 Å². The number of carbonyl (C=O) groups is 2. The molecule has 0 aliphatic heterocycles. The summed E-state index contributed by atoms with van der Waals surface area (Å²) in [5.41, 5.74) is 0. The van der Waals surface area contributed by atoms with Gasteiger partial charge in [0.25, 0.3) is 0 Å². The molecule has 0 aromatic heterocycles. The van der Waals surface area contributed by atoms with Crippen molar-refractivity contribution in [2.75, 3.05) is 13.2 Å².